The molecule has 0 atom stereocenters. The van der Waals surface area contributed by atoms with Crippen molar-refractivity contribution in [1.29, 1.82) is 0 Å². The summed E-state index contributed by atoms with van der Waals surface area (Å²) in [5.74, 6) is 0.847. The molecule has 0 bridgehead atoms. The second-order valence-electron chi connectivity index (χ2n) is 6.58. The molecule has 0 aliphatic rings. The third-order valence-electron chi connectivity index (χ3n) is 4.26. The van der Waals surface area contributed by atoms with E-state index in [9.17, 15) is 18.0 Å². The highest BCUT2D eigenvalue weighted by atomic mass is 32.2. The molecule has 0 aliphatic carbocycles. The summed E-state index contributed by atoms with van der Waals surface area (Å²) >= 11 is 1.13. The lowest BCUT2D eigenvalue weighted by atomic mass is 10.2. The maximum Gasteiger partial charge on any atom is 0.416 e. The Morgan fingerprint density at radius 2 is 1.97 bits per heavy atom. The van der Waals surface area contributed by atoms with Gasteiger partial charge in [-0.15, -0.1) is 16.8 Å². The number of ether oxygens (including phenoxy) is 1. The molecule has 0 saturated heterocycles. The van der Waals surface area contributed by atoms with Gasteiger partial charge in [0.2, 0.25) is 5.91 Å². The number of thioether (sulfide) groups is 1. The summed E-state index contributed by atoms with van der Waals surface area (Å²) in [4.78, 5) is 12.3. The van der Waals surface area contributed by atoms with Gasteiger partial charge < -0.3 is 10.1 Å². The molecule has 10 heteroatoms. The van der Waals surface area contributed by atoms with Gasteiger partial charge in [0.05, 0.1) is 17.9 Å². The van der Waals surface area contributed by atoms with E-state index in [1.54, 1.807) is 6.08 Å². The normalized spacial score (nSPS) is 11.2. The number of allylic oxidation sites excluding steroid dienone is 1. The number of carbonyl (C=O) groups excluding carboxylic acids is 1. The topological polar surface area (TPSA) is 69.0 Å². The Morgan fingerprint density at radius 3 is 2.62 bits per heavy atom. The number of hydrogen-bond acceptors (Lipinski definition) is 5. The van der Waals surface area contributed by atoms with Gasteiger partial charge in [-0.1, -0.05) is 23.9 Å². The molecule has 32 heavy (non-hydrogen) atoms. The molecular formula is C22H21F3N4O2S. The molecule has 1 amide bonds. The summed E-state index contributed by atoms with van der Waals surface area (Å²) in [5.41, 5.74) is 0.0739. The summed E-state index contributed by atoms with van der Waals surface area (Å²) in [7, 11) is 0. The zero-order valence-corrected chi connectivity index (χ0v) is 18.0. The summed E-state index contributed by atoms with van der Waals surface area (Å²) < 4.78 is 45.8. The molecule has 0 spiro atoms. The predicted molar refractivity (Wildman–Crippen MR) is 118 cm³/mol. The first-order chi connectivity index (χ1) is 15.3. The molecular weight excluding hydrogens is 441 g/mol. The Hall–Kier alpha value is -3.27. The van der Waals surface area contributed by atoms with Crippen molar-refractivity contribution in [3.05, 3.63) is 66.7 Å². The van der Waals surface area contributed by atoms with Gasteiger partial charge in [-0.25, -0.2) is 0 Å². The molecule has 1 heterocycles. The molecule has 0 unspecified atom stereocenters. The fourth-order valence-electron chi connectivity index (χ4n) is 2.87. The quantitative estimate of drug-likeness (QED) is 0.346. The fraction of sp³-hybridized carbons (Fsp3) is 0.227. The van der Waals surface area contributed by atoms with E-state index in [0.717, 1.165) is 35.2 Å². The number of carbonyl (C=O) groups is 1. The van der Waals surface area contributed by atoms with Crippen LogP contribution in [0.3, 0.4) is 0 Å². The third kappa shape index (κ3) is 5.91. The predicted octanol–water partition coefficient (Wildman–Crippen LogP) is 5.28. The molecule has 0 radical (unpaired) electrons. The van der Waals surface area contributed by atoms with E-state index in [4.69, 9.17) is 4.74 Å². The number of hydrogen-bond donors (Lipinski definition) is 1. The van der Waals surface area contributed by atoms with Crippen molar-refractivity contribution in [1.82, 2.24) is 14.8 Å². The van der Waals surface area contributed by atoms with Gasteiger partial charge in [-0.05, 0) is 49.4 Å². The van der Waals surface area contributed by atoms with Gasteiger partial charge in [0.1, 0.15) is 5.75 Å². The second kappa shape index (κ2) is 10.4. The van der Waals surface area contributed by atoms with Gasteiger partial charge in [-0.2, -0.15) is 13.2 Å². The molecule has 1 aromatic heterocycles. The van der Waals surface area contributed by atoms with Crippen LogP contribution in [0.4, 0.5) is 18.9 Å². The van der Waals surface area contributed by atoms with Crippen molar-refractivity contribution in [3.63, 3.8) is 0 Å². The number of aromatic nitrogens is 3. The Balaban J connectivity index is 1.70. The first-order valence-corrected chi connectivity index (χ1v) is 10.7. The molecule has 1 N–H and O–H groups in total. The second-order valence-corrected chi connectivity index (χ2v) is 7.52. The number of rotatable bonds is 9. The van der Waals surface area contributed by atoms with Crippen molar-refractivity contribution in [2.75, 3.05) is 17.7 Å². The highest BCUT2D eigenvalue weighted by molar-refractivity contribution is 7.99. The number of benzene rings is 2. The highest BCUT2D eigenvalue weighted by Crippen LogP contribution is 2.31. The first kappa shape index (κ1) is 23.4. The molecule has 0 aliphatic heterocycles. The van der Waals surface area contributed by atoms with Crippen LogP contribution in [0.1, 0.15) is 12.5 Å². The molecule has 3 rings (SSSR count). The van der Waals surface area contributed by atoms with E-state index in [0.29, 0.717) is 24.1 Å². The van der Waals surface area contributed by atoms with E-state index < -0.39 is 17.6 Å². The molecule has 3 aromatic rings. The molecule has 0 fully saturated rings. The van der Waals surface area contributed by atoms with Crippen molar-refractivity contribution in [2.24, 2.45) is 0 Å². The van der Waals surface area contributed by atoms with Crippen LogP contribution in [0.5, 0.6) is 5.75 Å². The van der Waals surface area contributed by atoms with Crippen LogP contribution in [0.2, 0.25) is 0 Å². The Labute approximate surface area is 187 Å². The number of alkyl halides is 3. The number of anilines is 1. The highest BCUT2D eigenvalue weighted by Gasteiger charge is 2.30. The van der Waals surface area contributed by atoms with E-state index in [2.05, 4.69) is 22.1 Å². The van der Waals surface area contributed by atoms with E-state index >= 15 is 0 Å². The molecule has 168 valence electrons. The average molecular weight is 462 g/mol. The number of halogens is 3. The zero-order chi connectivity index (χ0) is 23.1. The number of nitrogens with zero attached hydrogens (tertiary/aromatic N) is 3. The SMILES string of the molecule is C=CCn1c(SCC(=O)Nc2cccc(C(F)(F)F)c2)nnc1-c1ccc(OCC)cc1. The van der Waals surface area contributed by atoms with Crippen LogP contribution in [-0.2, 0) is 17.5 Å². The maximum absolute atomic E-state index is 12.8. The molecule has 0 saturated carbocycles. The molecule has 2 aromatic carbocycles. The van der Waals surface area contributed by atoms with E-state index in [1.807, 2.05) is 35.8 Å². The Morgan fingerprint density at radius 1 is 1.22 bits per heavy atom. The van der Waals surface area contributed by atoms with Gasteiger partial charge in [0, 0.05) is 17.8 Å². The third-order valence-corrected chi connectivity index (χ3v) is 5.22. The number of nitrogens with one attached hydrogen (secondary N) is 1. The fourth-order valence-corrected chi connectivity index (χ4v) is 3.62. The number of amides is 1. The van der Waals surface area contributed by atoms with Gasteiger partial charge in [-0.3, -0.25) is 9.36 Å². The largest absolute Gasteiger partial charge is 0.494 e. The van der Waals surface area contributed by atoms with Crippen LogP contribution in [0.25, 0.3) is 11.4 Å². The Bertz CT molecular complexity index is 1080. The minimum absolute atomic E-state index is 0.0468. The van der Waals surface area contributed by atoms with Crippen molar-refractivity contribution in [2.45, 2.75) is 24.8 Å². The summed E-state index contributed by atoms with van der Waals surface area (Å²) in [6.45, 7) is 6.64. The monoisotopic (exact) mass is 462 g/mol. The zero-order valence-electron chi connectivity index (χ0n) is 17.2. The summed E-state index contributed by atoms with van der Waals surface area (Å²) in [6, 6.07) is 11.9. The van der Waals surface area contributed by atoms with Gasteiger partial charge in [0.15, 0.2) is 11.0 Å². The molecule has 6 nitrogen and oxygen atoms in total. The lowest BCUT2D eigenvalue weighted by molar-refractivity contribution is -0.137. The Kier molecular flexibility index (Phi) is 7.57. The van der Waals surface area contributed by atoms with E-state index in [-0.39, 0.29) is 11.4 Å². The maximum atomic E-state index is 12.8. The first-order valence-electron chi connectivity index (χ1n) is 9.69. The van der Waals surface area contributed by atoms with Crippen LogP contribution in [0.15, 0.2) is 66.3 Å². The standard InChI is InChI=1S/C22H21F3N4O2S/c1-3-12-29-20(15-8-10-18(11-9-15)31-4-2)27-28-21(29)32-14-19(30)26-17-7-5-6-16(13-17)22(23,24)25/h3,5-11,13H,1,4,12,14H2,2H3,(H,26,30). The van der Waals surface area contributed by atoms with Crippen molar-refractivity contribution >= 4 is 23.4 Å². The van der Waals surface area contributed by atoms with Crippen LogP contribution in [-0.4, -0.2) is 33.0 Å². The summed E-state index contributed by atoms with van der Waals surface area (Å²) in [5, 5.41) is 11.4. The smallest absolute Gasteiger partial charge is 0.416 e. The van der Waals surface area contributed by atoms with Crippen LogP contribution < -0.4 is 10.1 Å². The average Bonchev–Trinajstić information content (AvgIpc) is 3.15. The minimum atomic E-state index is -4.48. The lowest BCUT2D eigenvalue weighted by Gasteiger charge is -2.10. The summed E-state index contributed by atoms with van der Waals surface area (Å²) in [6.07, 6.45) is -2.79. The van der Waals surface area contributed by atoms with Gasteiger partial charge in [0.25, 0.3) is 0 Å². The van der Waals surface area contributed by atoms with E-state index in [1.165, 1.54) is 12.1 Å². The van der Waals surface area contributed by atoms with Gasteiger partial charge >= 0.3 is 6.18 Å². The van der Waals surface area contributed by atoms with Crippen LogP contribution >= 0.6 is 11.8 Å². The lowest BCUT2D eigenvalue weighted by Crippen LogP contribution is -2.15. The van der Waals surface area contributed by atoms with Crippen molar-refractivity contribution < 1.29 is 22.7 Å². The van der Waals surface area contributed by atoms with Crippen molar-refractivity contribution in [3.8, 4) is 17.1 Å². The van der Waals surface area contributed by atoms with Crippen LogP contribution in [0, 0.1) is 0 Å². The minimum Gasteiger partial charge on any atom is -0.494 e.